The highest BCUT2D eigenvalue weighted by atomic mass is 19.1. The minimum atomic E-state index is -0.597. The van der Waals surface area contributed by atoms with E-state index in [1.165, 1.54) is 12.1 Å². The third-order valence-electron chi connectivity index (χ3n) is 2.05. The predicted molar refractivity (Wildman–Crippen MR) is 60.9 cm³/mol. The van der Waals surface area contributed by atoms with E-state index in [9.17, 15) is 9.18 Å². The molecule has 0 unspecified atom stereocenters. The van der Waals surface area contributed by atoms with Crippen molar-refractivity contribution in [3.8, 4) is 6.07 Å². The fourth-order valence-electron chi connectivity index (χ4n) is 1.22. The van der Waals surface area contributed by atoms with Crippen LogP contribution in [-0.2, 0) is 9.53 Å². The summed E-state index contributed by atoms with van der Waals surface area (Å²) in [4.78, 5) is 11.4. The maximum absolute atomic E-state index is 13.0. The number of amides is 1. The quantitative estimate of drug-likeness (QED) is 0.796. The minimum Gasteiger partial charge on any atom is -0.381 e. The summed E-state index contributed by atoms with van der Waals surface area (Å²) in [6, 6.07) is 5.57. The van der Waals surface area contributed by atoms with Crippen molar-refractivity contribution < 1.29 is 13.9 Å². The Labute approximate surface area is 99.0 Å². The van der Waals surface area contributed by atoms with Gasteiger partial charge in [0.25, 0.3) is 0 Å². The van der Waals surface area contributed by atoms with Crippen LogP contribution in [0.25, 0.3) is 0 Å². The first-order chi connectivity index (χ1) is 8.17. The highest BCUT2D eigenvalue weighted by Gasteiger charge is 2.05. The van der Waals surface area contributed by atoms with E-state index in [4.69, 9.17) is 10.00 Å². The summed E-state index contributed by atoms with van der Waals surface area (Å²) >= 11 is 0. The lowest BCUT2D eigenvalue weighted by molar-refractivity contribution is -0.117. The monoisotopic (exact) mass is 236 g/mol. The maximum atomic E-state index is 13.0. The topological polar surface area (TPSA) is 62.1 Å². The molecule has 0 aliphatic rings. The van der Waals surface area contributed by atoms with Gasteiger partial charge in [0.1, 0.15) is 11.9 Å². The molecule has 0 saturated heterocycles. The second-order valence-electron chi connectivity index (χ2n) is 3.30. The molecule has 0 atom stereocenters. The molecule has 1 rings (SSSR count). The molecule has 1 amide bonds. The number of hydrogen-bond acceptors (Lipinski definition) is 3. The van der Waals surface area contributed by atoms with Gasteiger partial charge in [-0.2, -0.15) is 5.26 Å². The van der Waals surface area contributed by atoms with Crippen LogP contribution in [0.15, 0.2) is 18.2 Å². The van der Waals surface area contributed by atoms with Crippen LogP contribution in [0, 0.1) is 17.1 Å². The predicted octanol–water partition coefficient (Wildman–Crippen LogP) is 2.06. The van der Waals surface area contributed by atoms with E-state index in [2.05, 4.69) is 5.32 Å². The third kappa shape index (κ3) is 4.21. The summed E-state index contributed by atoms with van der Waals surface area (Å²) < 4.78 is 18.0. The first-order valence-electron chi connectivity index (χ1n) is 5.24. The lowest BCUT2D eigenvalue weighted by Crippen LogP contribution is -2.14. The second-order valence-corrected chi connectivity index (χ2v) is 3.30. The molecule has 1 aromatic carbocycles. The first-order valence-corrected chi connectivity index (χ1v) is 5.24. The zero-order valence-corrected chi connectivity index (χ0v) is 9.50. The van der Waals surface area contributed by atoms with E-state index in [1.54, 1.807) is 6.07 Å². The summed E-state index contributed by atoms with van der Waals surface area (Å²) in [6.07, 6.45) is 0.229. The number of hydrogen-bond donors (Lipinski definition) is 1. The Hall–Kier alpha value is -1.93. The van der Waals surface area contributed by atoms with Crippen LogP contribution in [0.1, 0.15) is 18.9 Å². The second kappa shape index (κ2) is 6.61. The van der Waals surface area contributed by atoms with Crippen LogP contribution in [0.4, 0.5) is 10.1 Å². The van der Waals surface area contributed by atoms with E-state index in [0.29, 0.717) is 18.9 Å². The highest BCUT2D eigenvalue weighted by molar-refractivity contribution is 5.90. The molecule has 1 N–H and O–H groups in total. The Bertz CT molecular complexity index is 441. The molecule has 90 valence electrons. The van der Waals surface area contributed by atoms with Crippen molar-refractivity contribution in [2.75, 3.05) is 18.5 Å². The van der Waals surface area contributed by atoms with Crippen LogP contribution in [-0.4, -0.2) is 19.1 Å². The maximum Gasteiger partial charge on any atom is 0.226 e. The summed E-state index contributed by atoms with van der Waals surface area (Å²) in [5, 5.41) is 11.2. The fraction of sp³-hybridized carbons (Fsp3) is 0.333. The van der Waals surface area contributed by atoms with Gasteiger partial charge < -0.3 is 10.1 Å². The zero-order chi connectivity index (χ0) is 12.7. The molecule has 0 heterocycles. The number of halogens is 1. The van der Waals surface area contributed by atoms with Crippen LogP contribution in [0.5, 0.6) is 0 Å². The van der Waals surface area contributed by atoms with Gasteiger partial charge in [-0.1, -0.05) is 0 Å². The van der Waals surface area contributed by atoms with Gasteiger partial charge in [0.15, 0.2) is 0 Å². The number of carbonyl (C=O) groups excluding carboxylic acids is 1. The van der Waals surface area contributed by atoms with Crippen molar-refractivity contribution in [1.82, 2.24) is 0 Å². The Morgan fingerprint density at radius 1 is 1.59 bits per heavy atom. The van der Waals surface area contributed by atoms with Crippen molar-refractivity contribution in [2.24, 2.45) is 0 Å². The van der Waals surface area contributed by atoms with Gasteiger partial charge in [-0.05, 0) is 25.1 Å². The molecule has 0 radical (unpaired) electrons. The molecule has 0 aliphatic heterocycles. The molecule has 0 aromatic heterocycles. The number of nitrogens with one attached hydrogen (secondary N) is 1. The lowest BCUT2D eigenvalue weighted by atomic mass is 10.2. The molecule has 0 spiro atoms. The summed E-state index contributed by atoms with van der Waals surface area (Å²) in [5.41, 5.74) is 0.317. The zero-order valence-electron chi connectivity index (χ0n) is 9.50. The van der Waals surface area contributed by atoms with Gasteiger partial charge in [0, 0.05) is 12.3 Å². The van der Waals surface area contributed by atoms with Crippen LogP contribution >= 0.6 is 0 Å². The highest BCUT2D eigenvalue weighted by Crippen LogP contribution is 2.13. The molecule has 17 heavy (non-hydrogen) atoms. The van der Waals surface area contributed by atoms with E-state index in [1.807, 2.05) is 6.92 Å². The molecule has 5 heteroatoms. The standard InChI is InChI=1S/C12H13FN2O2/c1-2-17-6-5-12(16)15-10-3-4-11(13)9(7-10)8-14/h3-4,7H,2,5-6H2,1H3,(H,15,16). The molecular formula is C12H13FN2O2. The smallest absolute Gasteiger partial charge is 0.226 e. The number of carbonyl (C=O) groups is 1. The van der Waals surface area contributed by atoms with Crippen LogP contribution < -0.4 is 5.32 Å². The largest absolute Gasteiger partial charge is 0.381 e. The Kier molecular flexibility index (Phi) is 5.11. The van der Waals surface area contributed by atoms with Crippen molar-refractivity contribution >= 4 is 11.6 Å². The number of benzene rings is 1. The molecule has 0 fully saturated rings. The van der Waals surface area contributed by atoms with Crippen molar-refractivity contribution in [3.05, 3.63) is 29.6 Å². The molecular weight excluding hydrogens is 223 g/mol. The summed E-state index contributed by atoms with van der Waals surface area (Å²) in [6.45, 7) is 2.74. The summed E-state index contributed by atoms with van der Waals surface area (Å²) in [7, 11) is 0. The average Bonchev–Trinajstić information content (AvgIpc) is 2.32. The minimum absolute atomic E-state index is 0.0902. The number of nitriles is 1. The Morgan fingerprint density at radius 3 is 3.00 bits per heavy atom. The number of rotatable bonds is 5. The van der Waals surface area contributed by atoms with Crippen molar-refractivity contribution in [2.45, 2.75) is 13.3 Å². The summed E-state index contributed by atoms with van der Waals surface area (Å²) in [5.74, 6) is -0.825. The Balaban J connectivity index is 2.57. The van der Waals surface area contributed by atoms with Gasteiger partial charge in [0.2, 0.25) is 5.91 Å². The molecule has 4 nitrogen and oxygen atoms in total. The number of anilines is 1. The van der Waals surface area contributed by atoms with Crippen molar-refractivity contribution in [3.63, 3.8) is 0 Å². The van der Waals surface area contributed by atoms with Crippen LogP contribution in [0.3, 0.4) is 0 Å². The molecule has 0 aliphatic carbocycles. The SMILES string of the molecule is CCOCCC(=O)Nc1ccc(F)c(C#N)c1. The number of ether oxygens (including phenoxy) is 1. The van der Waals surface area contributed by atoms with Gasteiger partial charge in [-0.3, -0.25) is 4.79 Å². The van der Waals surface area contributed by atoms with E-state index in [0.717, 1.165) is 6.07 Å². The van der Waals surface area contributed by atoms with Gasteiger partial charge in [0.05, 0.1) is 18.6 Å². The van der Waals surface area contributed by atoms with Crippen LogP contribution in [0.2, 0.25) is 0 Å². The van der Waals surface area contributed by atoms with E-state index >= 15 is 0 Å². The number of nitrogens with zero attached hydrogens (tertiary/aromatic N) is 1. The normalized spacial score (nSPS) is 9.71. The van der Waals surface area contributed by atoms with E-state index in [-0.39, 0.29) is 17.9 Å². The van der Waals surface area contributed by atoms with Gasteiger partial charge in [-0.15, -0.1) is 0 Å². The fourth-order valence-corrected chi connectivity index (χ4v) is 1.22. The Morgan fingerprint density at radius 2 is 2.35 bits per heavy atom. The lowest BCUT2D eigenvalue weighted by Gasteiger charge is -2.05. The van der Waals surface area contributed by atoms with E-state index < -0.39 is 5.82 Å². The molecule has 0 saturated carbocycles. The van der Waals surface area contributed by atoms with Gasteiger partial charge in [-0.25, -0.2) is 4.39 Å². The molecule has 0 bridgehead atoms. The van der Waals surface area contributed by atoms with Crippen molar-refractivity contribution in [1.29, 1.82) is 5.26 Å². The van der Waals surface area contributed by atoms with Gasteiger partial charge >= 0.3 is 0 Å². The average molecular weight is 236 g/mol. The third-order valence-corrected chi connectivity index (χ3v) is 2.05. The first kappa shape index (κ1) is 13.1. The molecule has 1 aromatic rings.